The second kappa shape index (κ2) is 7.44. The van der Waals surface area contributed by atoms with Gasteiger partial charge in [-0.2, -0.15) is 0 Å². The molecule has 1 heterocycles. The second-order valence-electron chi connectivity index (χ2n) is 6.47. The van der Waals surface area contributed by atoms with Crippen molar-refractivity contribution in [3.8, 4) is 5.75 Å². The fourth-order valence-electron chi connectivity index (χ4n) is 2.25. The number of halogens is 2. The molecule has 0 aromatic heterocycles. The van der Waals surface area contributed by atoms with E-state index in [4.69, 9.17) is 9.47 Å². The van der Waals surface area contributed by atoms with Crippen LogP contribution in [-0.2, 0) is 4.74 Å². The minimum atomic E-state index is 0.139. The van der Waals surface area contributed by atoms with E-state index in [2.05, 4.69) is 57.9 Å². The summed E-state index contributed by atoms with van der Waals surface area (Å²) in [7, 11) is 0. The van der Waals surface area contributed by atoms with Gasteiger partial charge >= 0.3 is 0 Å². The number of nitrogens with one attached hydrogen (secondary N) is 1. The molecule has 1 fully saturated rings. The van der Waals surface area contributed by atoms with Crippen LogP contribution in [0, 0.1) is 0 Å². The van der Waals surface area contributed by atoms with E-state index >= 15 is 0 Å². The van der Waals surface area contributed by atoms with Crippen LogP contribution in [0.2, 0.25) is 0 Å². The Bertz CT molecular complexity index is 474. The molecule has 1 aliphatic heterocycles. The summed E-state index contributed by atoms with van der Waals surface area (Å²) in [5.74, 6) is 0.859. The molecule has 118 valence electrons. The van der Waals surface area contributed by atoms with Crippen LogP contribution in [0.1, 0.15) is 33.6 Å². The van der Waals surface area contributed by atoms with Gasteiger partial charge in [0.15, 0.2) is 0 Å². The van der Waals surface area contributed by atoms with Gasteiger partial charge in [-0.3, -0.25) is 0 Å². The molecule has 2 atom stereocenters. The average Bonchev–Trinajstić information content (AvgIpc) is 2.82. The molecule has 0 aliphatic carbocycles. The van der Waals surface area contributed by atoms with E-state index in [0.29, 0.717) is 12.7 Å². The van der Waals surface area contributed by atoms with Gasteiger partial charge in [0, 0.05) is 16.6 Å². The molecule has 3 nitrogen and oxygen atoms in total. The Balaban J connectivity index is 1.75. The van der Waals surface area contributed by atoms with Crippen LogP contribution >= 0.6 is 31.9 Å². The zero-order valence-corrected chi connectivity index (χ0v) is 16.0. The van der Waals surface area contributed by atoms with Gasteiger partial charge < -0.3 is 14.8 Å². The van der Waals surface area contributed by atoms with Crippen LogP contribution in [0.3, 0.4) is 0 Å². The van der Waals surface area contributed by atoms with Crippen molar-refractivity contribution >= 4 is 31.9 Å². The van der Waals surface area contributed by atoms with Gasteiger partial charge in [-0.15, -0.1) is 0 Å². The molecule has 2 unspecified atom stereocenters. The fourth-order valence-corrected chi connectivity index (χ4v) is 3.41. The third kappa shape index (κ3) is 5.89. The lowest BCUT2D eigenvalue weighted by atomic mass is 10.1. The van der Waals surface area contributed by atoms with Gasteiger partial charge in [0.05, 0.1) is 16.7 Å². The molecule has 21 heavy (non-hydrogen) atoms. The van der Waals surface area contributed by atoms with Crippen LogP contribution in [0.25, 0.3) is 0 Å². The average molecular weight is 421 g/mol. The molecule has 1 aromatic rings. The zero-order valence-electron chi connectivity index (χ0n) is 12.8. The Labute approximate surface area is 144 Å². The number of ether oxygens (including phenoxy) is 2. The van der Waals surface area contributed by atoms with E-state index in [-0.39, 0.29) is 11.6 Å². The number of hydrogen-bond acceptors (Lipinski definition) is 3. The highest BCUT2D eigenvalue weighted by molar-refractivity contribution is 9.11. The summed E-state index contributed by atoms with van der Waals surface area (Å²) in [6, 6.07) is 5.92. The molecule has 0 saturated carbocycles. The fraction of sp³-hybridized carbons (Fsp3) is 0.625. The van der Waals surface area contributed by atoms with E-state index in [1.807, 2.05) is 18.2 Å². The van der Waals surface area contributed by atoms with Gasteiger partial charge in [0.25, 0.3) is 0 Å². The van der Waals surface area contributed by atoms with Crippen molar-refractivity contribution in [1.29, 1.82) is 0 Å². The van der Waals surface area contributed by atoms with Gasteiger partial charge in [-0.1, -0.05) is 15.9 Å². The van der Waals surface area contributed by atoms with Crippen LogP contribution < -0.4 is 10.1 Å². The van der Waals surface area contributed by atoms with Gasteiger partial charge in [0.1, 0.15) is 12.4 Å². The van der Waals surface area contributed by atoms with Crippen LogP contribution in [-0.4, -0.2) is 30.9 Å². The van der Waals surface area contributed by atoms with E-state index in [9.17, 15) is 0 Å². The number of hydrogen-bond donors (Lipinski definition) is 1. The minimum absolute atomic E-state index is 0.139. The SMILES string of the molecule is CC(C)(C)NCC1CCC(COc2ccc(Br)cc2Br)O1. The Kier molecular flexibility index (Phi) is 6.12. The number of benzene rings is 1. The first-order valence-electron chi connectivity index (χ1n) is 7.32. The standard InChI is InChI=1S/C16H23Br2NO2/c1-16(2,3)19-9-12-5-6-13(21-12)10-20-15-7-4-11(17)8-14(15)18/h4,7-8,12-13,19H,5-6,9-10H2,1-3H3. The maximum atomic E-state index is 6.03. The first-order valence-corrected chi connectivity index (χ1v) is 8.90. The summed E-state index contributed by atoms with van der Waals surface area (Å²) in [5.41, 5.74) is 0.139. The predicted octanol–water partition coefficient (Wildman–Crippen LogP) is 4.53. The van der Waals surface area contributed by atoms with Gasteiger partial charge in [-0.05, 0) is 67.7 Å². The predicted molar refractivity (Wildman–Crippen MR) is 93.0 cm³/mol. The lowest BCUT2D eigenvalue weighted by Gasteiger charge is -2.23. The summed E-state index contributed by atoms with van der Waals surface area (Å²) in [5, 5.41) is 3.49. The molecule has 0 radical (unpaired) electrons. The highest BCUT2D eigenvalue weighted by atomic mass is 79.9. The second-order valence-corrected chi connectivity index (χ2v) is 8.24. The Morgan fingerprint density at radius 2 is 1.95 bits per heavy atom. The maximum absolute atomic E-state index is 6.03. The van der Waals surface area contributed by atoms with E-state index in [0.717, 1.165) is 34.1 Å². The van der Waals surface area contributed by atoms with Crippen LogP contribution in [0.15, 0.2) is 27.1 Å². The van der Waals surface area contributed by atoms with Gasteiger partial charge in [0.2, 0.25) is 0 Å². The normalized spacial score (nSPS) is 22.5. The third-order valence-corrected chi connectivity index (χ3v) is 4.49. The van der Waals surface area contributed by atoms with Crippen molar-refractivity contribution < 1.29 is 9.47 Å². The van der Waals surface area contributed by atoms with E-state index in [1.165, 1.54) is 0 Å². The summed E-state index contributed by atoms with van der Waals surface area (Å²) >= 11 is 6.95. The van der Waals surface area contributed by atoms with Gasteiger partial charge in [-0.25, -0.2) is 0 Å². The first-order chi connectivity index (χ1) is 9.83. The van der Waals surface area contributed by atoms with Crippen LogP contribution in [0.4, 0.5) is 0 Å². The lowest BCUT2D eigenvalue weighted by molar-refractivity contribution is 0.0160. The molecule has 0 amide bonds. The molecule has 1 aliphatic rings. The summed E-state index contributed by atoms with van der Waals surface area (Å²) in [6.07, 6.45) is 2.64. The maximum Gasteiger partial charge on any atom is 0.133 e. The highest BCUT2D eigenvalue weighted by Crippen LogP contribution is 2.29. The Morgan fingerprint density at radius 1 is 1.24 bits per heavy atom. The third-order valence-electron chi connectivity index (χ3n) is 3.37. The molecule has 0 spiro atoms. The smallest absolute Gasteiger partial charge is 0.133 e. The Morgan fingerprint density at radius 3 is 2.62 bits per heavy atom. The lowest BCUT2D eigenvalue weighted by Crippen LogP contribution is -2.41. The first kappa shape index (κ1) is 17.3. The van der Waals surface area contributed by atoms with Crippen LogP contribution in [0.5, 0.6) is 5.75 Å². The highest BCUT2D eigenvalue weighted by Gasteiger charge is 2.26. The topological polar surface area (TPSA) is 30.5 Å². The van der Waals surface area contributed by atoms with Crippen molar-refractivity contribution in [3.63, 3.8) is 0 Å². The molecule has 1 N–H and O–H groups in total. The summed E-state index contributed by atoms with van der Waals surface area (Å²) < 4.78 is 13.9. The quantitative estimate of drug-likeness (QED) is 0.759. The molecule has 5 heteroatoms. The molecular formula is C16H23Br2NO2. The minimum Gasteiger partial charge on any atom is -0.490 e. The van der Waals surface area contributed by atoms with E-state index < -0.39 is 0 Å². The molecule has 1 aromatic carbocycles. The molecule has 1 saturated heterocycles. The van der Waals surface area contributed by atoms with Crippen molar-refractivity contribution in [1.82, 2.24) is 5.32 Å². The molecule has 0 bridgehead atoms. The Hall–Kier alpha value is -0.100. The number of rotatable bonds is 5. The largest absolute Gasteiger partial charge is 0.490 e. The zero-order chi connectivity index (χ0) is 15.5. The molecule has 2 rings (SSSR count). The molecular weight excluding hydrogens is 398 g/mol. The van der Waals surface area contributed by atoms with Crippen molar-refractivity contribution in [2.45, 2.75) is 51.4 Å². The van der Waals surface area contributed by atoms with E-state index in [1.54, 1.807) is 0 Å². The monoisotopic (exact) mass is 419 g/mol. The van der Waals surface area contributed by atoms with Crippen molar-refractivity contribution in [2.24, 2.45) is 0 Å². The summed E-state index contributed by atoms with van der Waals surface area (Å²) in [4.78, 5) is 0. The summed E-state index contributed by atoms with van der Waals surface area (Å²) in [6.45, 7) is 8.03. The van der Waals surface area contributed by atoms with Crippen molar-refractivity contribution in [3.05, 3.63) is 27.1 Å². The van der Waals surface area contributed by atoms with Crippen molar-refractivity contribution in [2.75, 3.05) is 13.2 Å².